The van der Waals surface area contributed by atoms with Gasteiger partial charge in [0.15, 0.2) is 0 Å². The van der Waals surface area contributed by atoms with E-state index in [1.807, 2.05) is 30.5 Å². The summed E-state index contributed by atoms with van der Waals surface area (Å²) in [7, 11) is 0. The highest BCUT2D eigenvalue weighted by atomic mass is 32.1. The Morgan fingerprint density at radius 2 is 2.31 bits per heavy atom. The summed E-state index contributed by atoms with van der Waals surface area (Å²) >= 11 is 1.61. The van der Waals surface area contributed by atoms with Crippen molar-refractivity contribution in [1.29, 1.82) is 0 Å². The average Bonchev–Trinajstić information content (AvgIpc) is 2.90. The number of furan rings is 1. The van der Waals surface area contributed by atoms with Gasteiger partial charge in [0.1, 0.15) is 11.9 Å². The van der Waals surface area contributed by atoms with Crippen molar-refractivity contribution in [2.75, 3.05) is 6.54 Å². The Bertz CT molecular complexity index is 436. The Morgan fingerprint density at radius 1 is 1.50 bits per heavy atom. The number of hydrogen-bond donors (Lipinski definition) is 2. The largest absolute Gasteiger partial charge is 0.466 e. The van der Waals surface area contributed by atoms with Crippen molar-refractivity contribution in [2.24, 2.45) is 5.73 Å². The van der Waals surface area contributed by atoms with Crippen LogP contribution in [-0.2, 0) is 0 Å². The van der Waals surface area contributed by atoms with Crippen molar-refractivity contribution < 1.29 is 9.52 Å². The maximum Gasteiger partial charge on any atom is 0.135 e. The van der Waals surface area contributed by atoms with Crippen LogP contribution >= 0.6 is 11.3 Å². The molecule has 0 aliphatic carbocycles. The first kappa shape index (κ1) is 11.4. The Labute approximate surface area is 98.5 Å². The lowest BCUT2D eigenvalue weighted by atomic mass is 9.97. The second-order valence-corrected chi connectivity index (χ2v) is 4.75. The minimum absolute atomic E-state index is 0.0927. The van der Waals surface area contributed by atoms with Gasteiger partial charge in [0.05, 0.1) is 6.26 Å². The molecule has 2 atom stereocenters. The van der Waals surface area contributed by atoms with Crippen molar-refractivity contribution in [2.45, 2.75) is 18.9 Å². The predicted octanol–water partition coefficient (Wildman–Crippen LogP) is 2.43. The van der Waals surface area contributed by atoms with Gasteiger partial charge in [0.2, 0.25) is 0 Å². The maximum atomic E-state index is 10.3. The summed E-state index contributed by atoms with van der Waals surface area (Å²) < 4.78 is 5.31. The lowest BCUT2D eigenvalue weighted by Gasteiger charge is -2.19. The number of aryl methyl sites for hydroxylation is 1. The topological polar surface area (TPSA) is 59.4 Å². The zero-order chi connectivity index (χ0) is 11.5. The van der Waals surface area contributed by atoms with Gasteiger partial charge in [-0.05, 0) is 30.0 Å². The Morgan fingerprint density at radius 3 is 2.81 bits per heavy atom. The monoisotopic (exact) mass is 237 g/mol. The SMILES string of the molecule is Cc1ccoc1C(O)C(CN)c1cccs1. The quantitative estimate of drug-likeness (QED) is 0.858. The normalized spacial score (nSPS) is 14.9. The van der Waals surface area contributed by atoms with E-state index in [-0.39, 0.29) is 5.92 Å². The second kappa shape index (κ2) is 4.82. The molecule has 0 aliphatic heterocycles. The minimum Gasteiger partial charge on any atom is -0.466 e. The lowest BCUT2D eigenvalue weighted by molar-refractivity contribution is 0.122. The average molecular weight is 237 g/mol. The van der Waals surface area contributed by atoms with Crippen LogP contribution in [0.25, 0.3) is 0 Å². The molecule has 2 aromatic heterocycles. The first-order chi connectivity index (χ1) is 7.74. The number of nitrogens with two attached hydrogens (primary N) is 1. The van der Waals surface area contributed by atoms with E-state index >= 15 is 0 Å². The van der Waals surface area contributed by atoms with Crippen LogP contribution in [0.5, 0.6) is 0 Å². The van der Waals surface area contributed by atoms with Crippen LogP contribution < -0.4 is 5.73 Å². The highest BCUT2D eigenvalue weighted by molar-refractivity contribution is 7.10. The molecule has 3 N–H and O–H groups in total. The molecule has 0 spiro atoms. The molecule has 0 saturated heterocycles. The lowest BCUT2D eigenvalue weighted by Crippen LogP contribution is -2.19. The van der Waals surface area contributed by atoms with E-state index < -0.39 is 6.10 Å². The third-order valence-corrected chi connectivity index (χ3v) is 3.72. The highest BCUT2D eigenvalue weighted by Gasteiger charge is 2.25. The first-order valence-electron chi connectivity index (χ1n) is 5.19. The Balaban J connectivity index is 2.26. The fraction of sp³-hybridized carbons (Fsp3) is 0.333. The molecule has 4 heteroatoms. The number of aliphatic hydroxyl groups is 1. The molecule has 0 aliphatic rings. The second-order valence-electron chi connectivity index (χ2n) is 3.77. The van der Waals surface area contributed by atoms with Gasteiger partial charge in [-0.3, -0.25) is 0 Å². The van der Waals surface area contributed by atoms with E-state index in [9.17, 15) is 5.11 Å². The molecule has 86 valence electrons. The molecule has 0 amide bonds. The van der Waals surface area contributed by atoms with E-state index in [0.29, 0.717) is 12.3 Å². The number of thiophene rings is 1. The molecule has 0 radical (unpaired) electrons. The molecule has 0 aromatic carbocycles. The number of aliphatic hydroxyl groups excluding tert-OH is 1. The molecule has 0 bridgehead atoms. The summed E-state index contributed by atoms with van der Waals surface area (Å²) in [6.07, 6.45) is 0.925. The van der Waals surface area contributed by atoms with Crippen LogP contribution in [-0.4, -0.2) is 11.7 Å². The van der Waals surface area contributed by atoms with Gasteiger partial charge in [-0.15, -0.1) is 11.3 Å². The molecule has 0 saturated carbocycles. The molecule has 0 fully saturated rings. The van der Waals surface area contributed by atoms with Crippen molar-refractivity contribution in [3.8, 4) is 0 Å². The minimum atomic E-state index is -0.668. The van der Waals surface area contributed by atoms with Gasteiger partial charge >= 0.3 is 0 Å². The van der Waals surface area contributed by atoms with E-state index in [1.54, 1.807) is 17.6 Å². The van der Waals surface area contributed by atoms with Crippen LogP contribution in [0.1, 0.15) is 28.2 Å². The zero-order valence-corrected chi connectivity index (χ0v) is 9.91. The van der Waals surface area contributed by atoms with Gasteiger partial charge in [0.25, 0.3) is 0 Å². The van der Waals surface area contributed by atoms with Crippen LogP contribution in [0.3, 0.4) is 0 Å². The van der Waals surface area contributed by atoms with Crippen LogP contribution in [0.15, 0.2) is 34.3 Å². The van der Waals surface area contributed by atoms with Gasteiger partial charge in [0, 0.05) is 17.3 Å². The summed E-state index contributed by atoms with van der Waals surface area (Å²) in [5.41, 5.74) is 6.69. The third kappa shape index (κ3) is 2.04. The molecule has 2 unspecified atom stereocenters. The molecular weight excluding hydrogens is 222 g/mol. The molecule has 2 rings (SSSR count). The van der Waals surface area contributed by atoms with Gasteiger partial charge < -0.3 is 15.3 Å². The molecule has 3 nitrogen and oxygen atoms in total. The summed E-state index contributed by atoms with van der Waals surface area (Å²) in [5, 5.41) is 12.2. The third-order valence-electron chi connectivity index (χ3n) is 2.71. The van der Waals surface area contributed by atoms with Gasteiger partial charge in [-0.2, -0.15) is 0 Å². The summed E-state index contributed by atoms with van der Waals surface area (Å²) in [6, 6.07) is 5.80. The van der Waals surface area contributed by atoms with Gasteiger partial charge in [-0.1, -0.05) is 6.07 Å². The number of hydrogen-bond acceptors (Lipinski definition) is 4. The molecule has 16 heavy (non-hydrogen) atoms. The number of rotatable bonds is 4. The first-order valence-corrected chi connectivity index (χ1v) is 6.07. The van der Waals surface area contributed by atoms with Crippen molar-refractivity contribution in [3.63, 3.8) is 0 Å². The van der Waals surface area contributed by atoms with E-state index in [1.165, 1.54) is 0 Å². The Kier molecular flexibility index (Phi) is 3.43. The molecule has 2 aromatic rings. The Hall–Kier alpha value is -1.10. The standard InChI is InChI=1S/C12H15NO2S/c1-8-4-5-15-12(8)11(14)9(7-13)10-3-2-6-16-10/h2-6,9,11,14H,7,13H2,1H3. The molecular formula is C12H15NO2S. The van der Waals surface area contributed by atoms with E-state index in [4.69, 9.17) is 10.2 Å². The van der Waals surface area contributed by atoms with E-state index in [2.05, 4.69) is 0 Å². The summed E-state index contributed by atoms with van der Waals surface area (Å²) in [6.45, 7) is 2.33. The zero-order valence-electron chi connectivity index (χ0n) is 9.09. The van der Waals surface area contributed by atoms with Crippen LogP contribution in [0, 0.1) is 6.92 Å². The van der Waals surface area contributed by atoms with Crippen molar-refractivity contribution in [3.05, 3.63) is 46.0 Å². The van der Waals surface area contributed by atoms with Crippen LogP contribution in [0.2, 0.25) is 0 Å². The maximum absolute atomic E-state index is 10.3. The van der Waals surface area contributed by atoms with Crippen LogP contribution in [0.4, 0.5) is 0 Å². The van der Waals surface area contributed by atoms with Gasteiger partial charge in [-0.25, -0.2) is 0 Å². The highest BCUT2D eigenvalue weighted by Crippen LogP contribution is 2.34. The molecule has 2 heterocycles. The summed E-state index contributed by atoms with van der Waals surface area (Å²) in [5.74, 6) is 0.522. The summed E-state index contributed by atoms with van der Waals surface area (Å²) in [4.78, 5) is 1.09. The van der Waals surface area contributed by atoms with Crippen molar-refractivity contribution in [1.82, 2.24) is 0 Å². The van der Waals surface area contributed by atoms with E-state index in [0.717, 1.165) is 10.4 Å². The fourth-order valence-electron chi connectivity index (χ4n) is 1.77. The smallest absolute Gasteiger partial charge is 0.135 e. The predicted molar refractivity (Wildman–Crippen MR) is 64.5 cm³/mol. The van der Waals surface area contributed by atoms with Crippen molar-refractivity contribution >= 4 is 11.3 Å². The fourth-order valence-corrected chi connectivity index (χ4v) is 2.64.